The summed E-state index contributed by atoms with van der Waals surface area (Å²) in [6.45, 7) is 0.865. The van der Waals surface area contributed by atoms with Crippen LogP contribution in [0.2, 0.25) is 0 Å². The fraction of sp³-hybridized carbons (Fsp3) is 0.619. The van der Waals surface area contributed by atoms with E-state index < -0.39 is 0 Å². The lowest BCUT2D eigenvalue weighted by Crippen LogP contribution is -2.63. The first-order valence-electron chi connectivity index (χ1n) is 10.1. The van der Waals surface area contributed by atoms with E-state index in [-0.39, 0.29) is 5.91 Å². The minimum atomic E-state index is 0.156. The summed E-state index contributed by atoms with van der Waals surface area (Å²) in [6, 6.07) is 8.33. The number of carbonyl (C=O) groups excluding carboxylic acids is 1. The Morgan fingerprint density at radius 1 is 1.23 bits per heavy atom. The molecule has 2 aliphatic carbocycles. The molecule has 2 N–H and O–H groups in total. The second-order valence-corrected chi connectivity index (χ2v) is 8.20. The largest absolute Gasteiger partial charge is 0.377 e. The van der Waals surface area contributed by atoms with Crippen molar-refractivity contribution in [2.24, 2.45) is 17.8 Å². The summed E-state index contributed by atoms with van der Waals surface area (Å²) in [7, 11) is 0. The van der Waals surface area contributed by atoms with Gasteiger partial charge in [-0.1, -0.05) is 37.8 Å². The van der Waals surface area contributed by atoms with E-state index in [0.29, 0.717) is 36.8 Å². The van der Waals surface area contributed by atoms with Crippen molar-refractivity contribution < 1.29 is 9.53 Å². The van der Waals surface area contributed by atoms with Crippen LogP contribution in [-0.4, -0.2) is 34.6 Å². The summed E-state index contributed by atoms with van der Waals surface area (Å²) in [5.41, 5.74) is 2.00. The zero-order valence-electron chi connectivity index (χ0n) is 15.1. The molecular formula is C21H27N3O2. The molecule has 138 valence electrons. The first-order valence-corrected chi connectivity index (χ1v) is 10.1. The third-order valence-corrected chi connectivity index (χ3v) is 6.74. The summed E-state index contributed by atoms with van der Waals surface area (Å²) in [4.78, 5) is 20.5. The van der Waals surface area contributed by atoms with Gasteiger partial charge in [0.05, 0.1) is 17.1 Å². The van der Waals surface area contributed by atoms with E-state index in [2.05, 4.69) is 15.3 Å². The van der Waals surface area contributed by atoms with Crippen molar-refractivity contribution in [2.45, 2.75) is 57.1 Å². The van der Waals surface area contributed by atoms with Crippen LogP contribution >= 0.6 is 0 Å². The molecule has 4 atom stereocenters. The number of aromatic nitrogens is 2. The maximum absolute atomic E-state index is 12.6. The van der Waals surface area contributed by atoms with E-state index in [9.17, 15) is 4.79 Å². The number of ether oxygens (including phenoxy) is 1. The normalized spacial score (nSPS) is 31.1. The Morgan fingerprint density at radius 2 is 2.08 bits per heavy atom. The van der Waals surface area contributed by atoms with E-state index in [1.807, 2.05) is 24.3 Å². The number of nitrogens with zero attached hydrogens (tertiary/aromatic N) is 1. The Bertz CT molecular complexity index is 758. The van der Waals surface area contributed by atoms with Crippen molar-refractivity contribution in [3.63, 3.8) is 0 Å². The van der Waals surface area contributed by atoms with E-state index in [1.54, 1.807) is 0 Å². The van der Waals surface area contributed by atoms with Crippen LogP contribution in [0.1, 0.15) is 44.3 Å². The lowest BCUT2D eigenvalue weighted by molar-refractivity contribution is -0.129. The van der Waals surface area contributed by atoms with Crippen LogP contribution in [0.25, 0.3) is 11.0 Å². The third kappa shape index (κ3) is 2.82. The molecule has 5 nitrogen and oxygen atoms in total. The molecule has 3 aliphatic rings. The lowest BCUT2D eigenvalue weighted by Gasteiger charge is -2.50. The maximum Gasteiger partial charge on any atom is 0.220 e. The summed E-state index contributed by atoms with van der Waals surface area (Å²) >= 11 is 0. The number of imidazole rings is 1. The average Bonchev–Trinajstić information content (AvgIpc) is 3.38. The molecule has 0 bridgehead atoms. The zero-order valence-corrected chi connectivity index (χ0v) is 15.1. The van der Waals surface area contributed by atoms with Crippen molar-refractivity contribution in [3.8, 4) is 0 Å². The van der Waals surface area contributed by atoms with Gasteiger partial charge in [-0.3, -0.25) is 4.79 Å². The summed E-state index contributed by atoms with van der Waals surface area (Å²) < 4.78 is 5.99. The first-order chi connectivity index (χ1) is 12.8. The topological polar surface area (TPSA) is 67.0 Å². The van der Waals surface area contributed by atoms with Crippen LogP contribution in [-0.2, 0) is 16.0 Å². The van der Waals surface area contributed by atoms with Crippen LogP contribution in [0, 0.1) is 17.8 Å². The van der Waals surface area contributed by atoms with Gasteiger partial charge in [0.25, 0.3) is 0 Å². The molecule has 2 aromatic rings. The standard InChI is InChI=1S/C21H27N3O2/c25-18(10-9-17-22-15-7-3-4-8-16(15)23-17)24-20-14-11-12-26-21(14)19(20)13-5-1-2-6-13/h3-4,7-8,13-14,19-21H,1-2,5-6,9-12H2,(H,22,23)(H,24,25)/t14-,19+,20+,21-/m0/s1. The second-order valence-electron chi connectivity index (χ2n) is 8.20. The fourth-order valence-corrected chi connectivity index (χ4v) is 5.47. The zero-order chi connectivity index (χ0) is 17.5. The van der Waals surface area contributed by atoms with E-state index in [4.69, 9.17) is 4.74 Å². The Balaban J connectivity index is 1.20. The Labute approximate surface area is 153 Å². The number of H-pyrrole nitrogens is 1. The molecule has 3 fully saturated rings. The van der Waals surface area contributed by atoms with Crippen molar-refractivity contribution in [1.82, 2.24) is 15.3 Å². The quantitative estimate of drug-likeness (QED) is 0.867. The third-order valence-electron chi connectivity index (χ3n) is 6.74. The smallest absolute Gasteiger partial charge is 0.220 e. The lowest BCUT2D eigenvalue weighted by atomic mass is 9.61. The van der Waals surface area contributed by atoms with Gasteiger partial charge in [0.1, 0.15) is 5.82 Å². The van der Waals surface area contributed by atoms with Gasteiger partial charge < -0.3 is 15.0 Å². The predicted octanol–water partition coefficient (Wildman–Crippen LogP) is 3.21. The first kappa shape index (κ1) is 16.3. The number of carbonyl (C=O) groups is 1. The highest BCUT2D eigenvalue weighted by atomic mass is 16.5. The van der Waals surface area contributed by atoms with Gasteiger partial charge in [-0.25, -0.2) is 4.98 Å². The average molecular weight is 353 g/mol. The Morgan fingerprint density at radius 3 is 2.92 bits per heavy atom. The molecule has 2 heterocycles. The maximum atomic E-state index is 12.6. The molecule has 1 amide bonds. The molecule has 5 rings (SSSR count). The van der Waals surface area contributed by atoms with Gasteiger partial charge in [-0.05, 0) is 24.5 Å². The SMILES string of the molecule is O=C(CCc1nc2ccccc2[nH]1)N[C@@H]1[C@@H]2CCO[C@@H]2[C@@H]1C1CCCC1. The van der Waals surface area contributed by atoms with Gasteiger partial charge >= 0.3 is 0 Å². The number of amides is 1. The number of hydrogen-bond donors (Lipinski definition) is 2. The van der Waals surface area contributed by atoms with E-state index >= 15 is 0 Å². The van der Waals surface area contributed by atoms with Crippen LogP contribution in [0.3, 0.4) is 0 Å². The van der Waals surface area contributed by atoms with E-state index in [1.165, 1.54) is 25.7 Å². The number of benzene rings is 1. The minimum absolute atomic E-state index is 0.156. The monoisotopic (exact) mass is 353 g/mol. The van der Waals surface area contributed by atoms with Gasteiger partial charge in [-0.15, -0.1) is 0 Å². The molecule has 1 saturated heterocycles. The Hall–Kier alpha value is -1.88. The van der Waals surface area contributed by atoms with Crippen molar-refractivity contribution in [1.29, 1.82) is 0 Å². The second kappa shape index (κ2) is 6.69. The van der Waals surface area contributed by atoms with Crippen LogP contribution < -0.4 is 5.32 Å². The molecule has 0 unspecified atom stereocenters. The van der Waals surface area contributed by atoms with Crippen molar-refractivity contribution in [2.75, 3.05) is 6.61 Å². The predicted molar refractivity (Wildman–Crippen MR) is 99.6 cm³/mol. The van der Waals surface area contributed by atoms with Crippen LogP contribution in [0.4, 0.5) is 0 Å². The molecule has 2 saturated carbocycles. The molecule has 5 heteroatoms. The molecule has 1 aromatic heterocycles. The van der Waals surface area contributed by atoms with Gasteiger partial charge in [0, 0.05) is 37.3 Å². The highest BCUT2D eigenvalue weighted by Gasteiger charge is 2.56. The number of nitrogens with one attached hydrogen (secondary N) is 2. The molecule has 1 aromatic carbocycles. The number of para-hydroxylation sites is 2. The van der Waals surface area contributed by atoms with Crippen molar-refractivity contribution in [3.05, 3.63) is 30.1 Å². The summed E-state index contributed by atoms with van der Waals surface area (Å²) in [5, 5.41) is 3.36. The van der Waals surface area contributed by atoms with Gasteiger partial charge in [0.2, 0.25) is 5.91 Å². The number of fused-ring (bicyclic) bond motifs is 2. The number of rotatable bonds is 5. The highest BCUT2D eigenvalue weighted by Crippen LogP contribution is 2.51. The molecule has 0 radical (unpaired) electrons. The van der Waals surface area contributed by atoms with Crippen molar-refractivity contribution >= 4 is 16.9 Å². The molecule has 26 heavy (non-hydrogen) atoms. The van der Waals surface area contributed by atoms with Crippen LogP contribution in [0.15, 0.2) is 24.3 Å². The highest BCUT2D eigenvalue weighted by molar-refractivity contribution is 5.77. The van der Waals surface area contributed by atoms with Gasteiger partial charge in [-0.2, -0.15) is 0 Å². The van der Waals surface area contributed by atoms with Crippen LogP contribution in [0.5, 0.6) is 0 Å². The summed E-state index contributed by atoms with van der Waals surface area (Å²) in [6.07, 6.45) is 7.95. The Kier molecular flexibility index (Phi) is 4.20. The molecule has 1 aliphatic heterocycles. The molecular weight excluding hydrogens is 326 g/mol. The van der Waals surface area contributed by atoms with E-state index in [0.717, 1.165) is 35.8 Å². The number of aromatic amines is 1. The van der Waals surface area contributed by atoms with Gasteiger partial charge in [0.15, 0.2) is 0 Å². The molecule has 0 spiro atoms. The number of aryl methyl sites for hydroxylation is 1. The minimum Gasteiger partial charge on any atom is -0.377 e. The fourth-order valence-electron chi connectivity index (χ4n) is 5.47. The summed E-state index contributed by atoms with van der Waals surface area (Å²) in [5.74, 6) is 2.87. The number of hydrogen-bond acceptors (Lipinski definition) is 3.